The first kappa shape index (κ1) is 18.4. The van der Waals surface area contributed by atoms with E-state index in [0.717, 1.165) is 51.8 Å². The smallest absolute Gasteiger partial charge is 0.379 e. The van der Waals surface area contributed by atoms with Crippen LogP contribution in [0.3, 0.4) is 0 Å². The van der Waals surface area contributed by atoms with E-state index in [1.807, 2.05) is 0 Å². The first-order valence-electron chi connectivity index (χ1n) is 8.92. The first-order chi connectivity index (χ1) is 12.0. The van der Waals surface area contributed by atoms with Crippen LogP contribution < -0.4 is 5.32 Å². The van der Waals surface area contributed by atoms with E-state index < -0.39 is 11.9 Å². The Bertz CT molecular complexity index is 538. The highest BCUT2D eigenvalue weighted by molar-refractivity contribution is 5.33. The molecular weight excluding hydrogens is 333 g/mol. The zero-order valence-corrected chi connectivity index (χ0v) is 14.3. The van der Waals surface area contributed by atoms with Crippen LogP contribution >= 0.6 is 0 Å². The summed E-state index contributed by atoms with van der Waals surface area (Å²) in [6.45, 7) is 5.15. The second-order valence-electron chi connectivity index (χ2n) is 7.10. The zero-order valence-electron chi connectivity index (χ0n) is 14.3. The lowest BCUT2D eigenvalue weighted by atomic mass is 9.73. The summed E-state index contributed by atoms with van der Waals surface area (Å²) in [7, 11) is 0. The molecule has 140 valence electrons. The van der Waals surface area contributed by atoms with Gasteiger partial charge in [0.1, 0.15) is 5.82 Å². The molecule has 0 unspecified atom stereocenters. The Kier molecular flexibility index (Phi) is 5.78. The number of alkyl halides is 3. The van der Waals surface area contributed by atoms with Crippen molar-refractivity contribution in [2.75, 3.05) is 44.7 Å². The van der Waals surface area contributed by atoms with Crippen LogP contribution in [0, 0.1) is 5.41 Å². The molecule has 5 nitrogen and oxygen atoms in total. The first-order valence-corrected chi connectivity index (χ1v) is 8.92. The maximum absolute atomic E-state index is 12.6. The third-order valence-electron chi connectivity index (χ3n) is 5.18. The average molecular weight is 358 g/mol. The number of rotatable bonds is 5. The van der Waals surface area contributed by atoms with Crippen LogP contribution in [0.4, 0.5) is 19.0 Å². The van der Waals surface area contributed by atoms with Crippen LogP contribution in [0.2, 0.25) is 0 Å². The number of aromatic nitrogens is 2. The van der Waals surface area contributed by atoms with Gasteiger partial charge < -0.3 is 10.1 Å². The van der Waals surface area contributed by atoms with Crippen LogP contribution in [-0.4, -0.2) is 54.5 Å². The average Bonchev–Trinajstić information content (AvgIpc) is 2.61. The van der Waals surface area contributed by atoms with Crippen molar-refractivity contribution in [3.05, 3.63) is 17.8 Å². The Morgan fingerprint density at radius 1 is 1.08 bits per heavy atom. The zero-order chi connectivity index (χ0) is 17.8. The van der Waals surface area contributed by atoms with Crippen LogP contribution in [0.5, 0.6) is 0 Å². The van der Waals surface area contributed by atoms with Crippen molar-refractivity contribution in [3.63, 3.8) is 0 Å². The summed E-state index contributed by atoms with van der Waals surface area (Å²) >= 11 is 0. The molecule has 8 heteroatoms. The van der Waals surface area contributed by atoms with Crippen LogP contribution in [0.15, 0.2) is 12.1 Å². The van der Waals surface area contributed by atoms with E-state index in [2.05, 4.69) is 20.4 Å². The lowest BCUT2D eigenvalue weighted by Crippen LogP contribution is -2.47. The number of hydrogen-bond acceptors (Lipinski definition) is 5. The van der Waals surface area contributed by atoms with Crippen molar-refractivity contribution in [1.29, 1.82) is 0 Å². The molecule has 0 amide bonds. The molecule has 1 aromatic heterocycles. The summed E-state index contributed by atoms with van der Waals surface area (Å²) in [4.78, 5) is 2.44. The number of anilines is 1. The van der Waals surface area contributed by atoms with Gasteiger partial charge in [0.15, 0.2) is 5.69 Å². The maximum atomic E-state index is 12.6. The van der Waals surface area contributed by atoms with E-state index >= 15 is 0 Å². The van der Waals surface area contributed by atoms with Crippen molar-refractivity contribution < 1.29 is 17.9 Å². The molecule has 25 heavy (non-hydrogen) atoms. The lowest BCUT2D eigenvalue weighted by Gasteiger charge is -2.42. The topological polar surface area (TPSA) is 50.3 Å². The van der Waals surface area contributed by atoms with Crippen molar-refractivity contribution >= 4 is 5.82 Å². The molecule has 1 saturated carbocycles. The number of halogens is 3. The minimum absolute atomic E-state index is 0.139. The van der Waals surface area contributed by atoms with Gasteiger partial charge in [0, 0.05) is 31.6 Å². The second kappa shape index (κ2) is 7.86. The highest BCUT2D eigenvalue weighted by Crippen LogP contribution is 2.37. The molecule has 0 spiro atoms. The second-order valence-corrected chi connectivity index (χ2v) is 7.10. The van der Waals surface area contributed by atoms with Gasteiger partial charge in [-0.15, -0.1) is 10.2 Å². The predicted molar refractivity (Wildman–Crippen MR) is 88.3 cm³/mol. The van der Waals surface area contributed by atoms with E-state index in [-0.39, 0.29) is 5.41 Å². The largest absolute Gasteiger partial charge is 0.435 e. The Hall–Kier alpha value is -1.41. The standard InChI is InChI=1S/C17H25F3N4O/c18-17(19,20)14-4-5-15(23-22-14)21-12-16(6-2-1-3-7-16)13-24-8-10-25-11-9-24/h4-5H,1-3,6-13H2,(H,21,23). The number of nitrogens with zero attached hydrogens (tertiary/aromatic N) is 3. The van der Waals surface area contributed by atoms with E-state index in [9.17, 15) is 13.2 Å². The molecule has 0 radical (unpaired) electrons. The van der Waals surface area contributed by atoms with E-state index in [4.69, 9.17) is 4.74 Å². The highest BCUT2D eigenvalue weighted by atomic mass is 19.4. The number of ether oxygens (including phenoxy) is 1. The third kappa shape index (κ3) is 5.04. The molecule has 1 aliphatic heterocycles. The summed E-state index contributed by atoms with van der Waals surface area (Å²) in [6, 6.07) is 2.34. The lowest BCUT2D eigenvalue weighted by molar-refractivity contribution is -0.141. The fraction of sp³-hybridized carbons (Fsp3) is 0.765. The fourth-order valence-electron chi connectivity index (χ4n) is 3.78. The molecule has 2 aliphatic rings. The summed E-state index contributed by atoms with van der Waals surface area (Å²) in [5, 5.41) is 10.2. The maximum Gasteiger partial charge on any atom is 0.435 e. The van der Waals surface area contributed by atoms with Gasteiger partial charge in [0.05, 0.1) is 13.2 Å². The normalized spacial score (nSPS) is 21.9. The molecule has 1 aromatic rings. The number of hydrogen-bond donors (Lipinski definition) is 1. The Balaban J connectivity index is 1.62. The summed E-state index contributed by atoms with van der Waals surface area (Å²) < 4.78 is 43.2. The molecule has 1 aliphatic carbocycles. The quantitative estimate of drug-likeness (QED) is 0.876. The van der Waals surface area contributed by atoms with Gasteiger partial charge in [-0.1, -0.05) is 19.3 Å². The van der Waals surface area contributed by atoms with Crippen LogP contribution in [0.25, 0.3) is 0 Å². The molecule has 1 N–H and O–H groups in total. The summed E-state index contributed by atoms with van der Waals surface area (Å²) in [5.41, 5.74) is -0.821. The van der Waals surface area contributed by atoms with Crippen molar-refractivity contribution in [2.45, 2.75) is 38.3 Å². The van der Waals surface area contributed by atoms with E-state index in [0.29, 0.717) is 12.4 Å². The minimum atomic E-state index is -4.45. The molecule has 2 fully saturated rings. The van der Waals surface area contributed by atoms with Gasteiger partial charge >= 0.3 is 6.18 Å². The summed E-state index contributed by atoms with van der Waals surface area (Å²) in [6.07, 6.45) is 1.46. The minimum Gasteiger partial charge on any atom is -0.379 e. The van der Waals surface area contributed by atoms with E-state index in [1.54, 1.807) is 0 Å². The molecule has 0 atom stereocenters. The number of morpholine rings is 1. The van der Waals surface area contributed by atoms with Crippen LogP contribution in [-0.2, 0) is 10.9 Å². The Morgan fingerprint density at radius 3 is 2.40 bits per heavy atom. The molecule has 2 heterocycles. The van der Waals surface area contributed by atoms with Gasteiger partial charge in [0.25, 0.3) is 0 Å². The van der Waals surface area contributed by atoms with Gasteiger partial charge in [-0.25, -0.2) is 0 Å². The SMILES string of the molecule is FC(F)(F)c1ccc(NCC2(CN3CCOCC3)CCCCC2)nn1. The van der Waals surface area contributed by atoms with Gasteiger partial charge in [-0.05, 0) is 25.0 Å². The van der Waals surface area contributed by atoms with Gasteiger partial charge in [0.2, 0.25) is 0 Å². The molecule has 0 aromatic carbocycles. The Morgan fingerprint density at radius 2 is 1.80 bits per heavy atom. The van der Waals surface area contributed by atoms with Crippen molar-refractivity contribution in [2.24, 2.45) is 5.41 Å². The Labute approximate surface area is 145 Å². The van der Waals surface area contributed by atoms with Crippen molar-refractivity contribution in [3.8, 4) is 0 Å². The van der Waals surface area contributed by atoms with Crippen molar-refractivity contribution in [1.82, 2.24) is 15.1 Å². The monoisotopic (exact) mass is 358 g/mol. The van der Waals surface area contributed by atoms with E-state index in [1.165, 1.54) is 25.3 Å². The van der Waals surface area contributed by atoms with Gasteiger partial charge in [-0.2, -0.15) is 13.2 Å². The van der Waals surface area contributed by atoms with Gasteiger partial charge in [-0.3, -0.25) is 4.90 Å². The summed E-state index contributed by atoms with van der Waals surface area (Å²) in [5.74, 6) is 0.403. The fourth-order valence-corrected chi connectivity index (χ4v) is 3.78. The predicted octanol–water partition coefficient (Wildman–Crippen LogP) is 3.19. The third-order valence-corrected chi connectivity index (χ3v) is 5.18. The molecular formula is C17H25F3N4O. The molecule has 1 saturated heterocycles. The molecule has 3 rings (SSSR count). The highest BCUT2D eigenvalue weighted by Gasteiger charge is 2.35. The number of nitrogens with one attached hydrogen (secondary N) is 1. The van der Waals surface area contributed by atoms with Crippen LogP contribution in [0.1, 0.15) is 37.8 Å². The molecule has 0 bridgehead atoms.